The third-order valence-electron chi connectivity index (χ3n) is 4.58. The van der Waals surface area contributed by atoms with Gasteiger partial charge in [-0.3, -0.25) is 4.79 Å². The quantitative estimate of drug-likeness (QED) is 0.839. The van der Waals surface area contributed by atoms with Gasteiger partial charge in [-0.2, -0.15) is 0 Å². The Morgan fingerprint density at radius 2 is 1.83 bits per heavy atom. The van der Waals surface area contributed by atoms with E-state index in [1.807, 2.05) is 52.8 Å². The molecule has 0 atom stereocenters. The van der Waals surface area contributed by atoms with Gasteiger partial charge in [-0.25, -0.2) is 0 Å². The molecule has 23 heavy (non-hydrogen) atoms. The van der Waals surface area contributed by atoms with Crippen molar-refractivity contribution in [2.75, 3.05) is 13.7 Å². The van der Waals surface area contributed by atoms with Crippen molar-refractivity contribution < 1.29 is 18.8 Å². The van der Waals surface area contributed by atoms with Crippen molar-refractivity contribution in [1.82, 2.24) is 5.32 Å². The number of methoxy groups -OCH3 is 1. The maximum absolute atomic E-state index is 12.0. The minimum Gasteiger partial charge on any atom is -0.497 e. The summed E-state index contributed by atoms with van der Waals surface area (Å²) in [5, 5.41) is 2.82. The van der Waals surface area contributed by atoms with E-state index < -0.39 is 18.3 Å². The number of rotatable bonds is 5. The fourth-order valence-electron chi connectivity index (χ4n) is 2.49. The molecule has 1 amide bonds. The van der Waals surface area contributed by atoms with Crippen molar-refractivity contribution in [3.05, 3.63) is 23.8 Å². The molecule has 0 radical (unpaired) electrons. The van der Waals surface area contributed by atoms with E-state index in [0.29, 0.717) is 12.3 Å². The molecular formula is C17H26BNO4. The van der Waals surface area contributed by atoms with Crippen LogP contribution in [0.25, 0.3) is 0 Å². The largest absolute Gasteiger partial charge is 0.497 e. The van der Waals surface area contributed by atoms with Gasteiger partial charge in [-0.15, -0.1) is 0 Å². The second-order valence-electron chi connectivity index (χ2n) is 6.78. The Morgan fingerprint density at radius 3 is 2.35 bits per heavy atom. The zero-order chi connectivity index (χ0) is 17.3. The lowest BCUT2D eigenvalue weighted by Gasteiger charge is -2.32. The molecule has 126 valence electrons. The summed E-state index contributed by atoms with van der Waals surface area (Å²) in [7, 11) is 1.12. The van der Waals surface area contributed by atoms with Gasteiger partial charge < -0.3 is 19.4 Å². The predicted molar refractivity (Wildman–Crippen MR) is 91.1 cm³/mol. The third-order valence-corrected chi connectivity index (χ3v) is 4.58. The van der Waals surface area contributed by atoms with Crippen LogP contribution in [0, 0.1) is 0 Å². The zero-order valence-electron chi connectivity index (χ0n) is 14.9. The first-order chi connectivity index (χ1) is 10.7. The number of carbonyl (C=O) groups is 1. The number of carbonyl (C=O) groups excluding carboxylic acids is 1. The molecule has 0 aliphatic carbocycles. The highest BCUT2D eigenvalue weighted by Gasteiger charge is 2.52. The maximum atomic E-state index is 12.0. The Hall–Kier alpha value is -1.53. The van der Waals surface area contributed by atoms with Crippen molar-refractivity contribution in [2.24, 2.45) is 0 Å². The molecule has 6 heteroatoms. The van der Waals surface area contributed by atoms with Crippen molar-refractivity contribution in [3.8, 4) is 5.75 Å². The molecule has 1 heterocycles. The Morgan fingerprint density at radius 1 is 1.22 bits per heavy atom. The minimum absolute atomic E-state index is 0.0291. The number of nitrogens with one attached hydrogen (secondary N) is 1. The van der Waals surface area contributed by atoms with Gasteiger partial charge in [0.05, 0.1) is 24.7 Å². The normalized spacial score (nSPS) is 18.8. The Bertz CT molecular complexity index is 570. The number of likely N-dealkylation sites (N-methyl/N-ethyl adjacent to an activating group) is 1. The molecule has 5 nitrogen and oxygen atoms in total. The number of ether oxygens (including phenoxy) is 1. The number of amides is 1. The van der Waals surface area contributed by atoms with Crippen LogP contribution in [0.4, 0.5) is 0 Å². The molecule has 1 aromatic carbocycles. The van der Waals surface area contributed by atoms with E-state index >= 15 is 0 Å². The lowest BCUT2D eigenvalue weighted by atomic mass is 9.75. The van der Waals surface area contributed by atoms with Crippen molar-refractivity contribution in [1.29, 1.82) is 0 Å². The highest BCUT2D eigenvalue weighted by molar-refractivity contribution is 6.62. The molecule has 1 aliphatic heterocycles. The van der Waals surface area contributed by atoms with Crippen molar-refractivity contribution in [2.45, 2.75) is 52.2 Å². The van der Waals surface area contributed by atoms with E-state index in [0.717, 1.165) is 11.0 Å². The molecular weight excluding hydrogens is 293 g/mol. The molecule has 0 aromatic heterocycles. The second kappa shape index (κ2) is 6.53. The summed E-state index contributed by atoms with van der Waals surface area (Å²) in [6, 6.07) is 5.65. The maximum Gasteiger partial charge on any atom is 0.495 e. The van der Waals surface area contributed by atoms with Crippen LogP contribution in [0.5, 0.6) is 5.75 Å². The summed E-state index contributed by atoms with van der Waals surface area (Å²) in [5.74, 6) is 0.683. The summed E-state index contributed by atoms with van der Waals surface area (Å²) in [5.41, 5.74) is 0.894. The first-order valence-electron chi connectivity index (χ1n) is 7.99. The molecule has 2 rings (SSSR count). The van der Waals surface area contributed by atoms with Gasteiger partial charge in [0.2, 0.25) is 5.91 Å². The van der Waals surface area contributed by atoms with Gasteiger partial charge in [-0.05, 0) is 57.8 Å². The van der Waals surface area contributed by atoms with E-state index in [9.17, 15) is 4.79 Å². The van der Waals surface area contributed by atoms with Gasteiger partial charge in [0.1, 0.15) is 5.75 Å². The molecule has 1 aromatic rings. The van der Waals surface area contributed by atoms with E-state index in [4.69, 9.17) is 14.0 Å². The van der Waals surface area contributed by atoms with Gasteiger partial charge in [0, 0.05) is 6.54 Å². The molecule has 0 spiro atoms. The van der Waals surface area contributed by atoms with Crippen LogP contribution in [0.3, 0.4) is 0 Å². The van der Waals surface area contributed by atoms with E-state index in [-0.39, 0.29) is 12.3 Å². The minimum atomic E-state index is -0.490. The lowest BCUT2D eigenvalue weighted by Crippen LogP contribution is -2.41. The van der Waals surface area contributed by atoms with E-state index in [2.05, 4.69) is 5.32 Å². The Balaban J connectivity index is 2.33. The van der Waals surface area contributed by atoms with E-state index in [1.54, 1.807) is 7.11 Å². The van der Waals surface area contributed by atoms with Crippen molar-refractivity contribution >= 4 is 18.5 Å². The van der Waals surface area contributed by atoms with Gasteiger partial charge in [0.25, 0.3) is 0 Å². The molecule has 1 saturated heterocycles. The van der Waals surface area contributed by atoms with E-state index in [1.165, 1.54) is 0 Å². The monoisotopic (exact) mass is 319 g/mol. The van der Waals surface area contributed by atoms with Crippen LogP contribution in [0.15, 0.2) is 18.2 Å². The molecule has 1 fully saturated rings. The fraction of sp³-hybridized carbons (Fsp3) is 0.588. The second-order valence-corrected chi connectivity index (χ2v) is 6.78. The summed E-state index contributed by atoms with van der Waals surface area (Å²) in [6.45, 7) is 10.6. The smallest absolute Gasteiger partial charge is 0.495 e. The van der Waals surface area contributed by atoms with Crippen LogP contribution < -0.4 is 15.5 Å². The Kier molecular flexibility index (Phi) is 5.06. The highest BCUT2D eigenvalue weighted by atomic mass is 16.7. The standard InChI is InChI=1S/C17H26BNO4/c1-7-19-15(20)11-12-10-13(21-6)8-9-14(12)18-22-16(2,3)17(4,5)23-18/h8-10H,7,11H2,1-6H3,(H,19,20). The SMILES string of the molecule is CCNC(=O)Cc1cc(OC)ccc1B1OC(C)(C)C(C)(C)O1. The van der Waals surface area contributed by atoms with Crippen molar-refractivity contribution in [3.63, 3.8) is 0 Å². The predicted octanol–water partition coefficient (Wildman–Crippen LogP) is 1.67. The molecule has 1 N–H and O–H groups in total. The lowest BCUT2D eigenvalue weighted by molar-refractivity contribution is -0.120. The number of hydrogen-bond acceptors (Lipinski definition) is 4. The summed E-state index contributed by atoms with van der Waals surface area (Å²) in [6.07, 6.45) is 0.268. The van der Waals surface area contributed by atoms with Gasteiger partial charge in [-0.1, -0.05) is 6.07 Å². The summed E-state index contributed by atoms with van der Waals surface area (Å²) >= 11 is 0. The number of hydrogen-bond donors (Lipinski definition) is 1. The first-order valence-corrected chi connectivity index (χ1v) is 7.99. The first kappa shape index (κ1) is 17.8. The highest BCUT2D eigenvalue weighted by Crippen LogP contribution is 2.36. The van der Waals surface area contributed by atoms with Crippen LogP contribution >= 0.6 is 0 Å². The molecule has 0 saturated carbocycles. The van der Waals surface area contributed by atoms with Gasteiger partial charge in [0.15, 0.2) is 0 Å². The Labute approximate surface area is 138 Å². The number of benzene rings is 1. The molecule has 0 bridgehead atoms. The molecule has 0 unspecified atom stereocenters. The van der Waals surface area contributed by atoms with Crippen LogP contribution in [0.2, 0.25) is 0 Å². The summed E-state index contributed by atoms with van der Waals surface area (Å²) in [4.78, 5) is 12.0. The fourth-order valence-corrected chi connectivity index (χ4v) is 2.49. The summed E-state index contributed by atoms with van der Waals surface area (Å²) < 4.78 is 17.5. The van der Waals surface area contributed by atoms with Crippen LogP contribution in [-0.4, -0.2) is 37.9 Å². The molecule has 1 aliphatic rings. The van der Waals surface area contributed by atoms with Crippen LogP contribution in [-0.2, 0) is 20.5 Å². The van der Waals surface area contributed by atoms with Crippen LogP contribution in [0.1, 0.15) is 40.2 Å². The van der Waals surface area contributed by atoms with Gasteiger partial charge >= 0.3 is 7.12 Å². The third kappa shape index (κ3) is 3.70. The zero-order valence-corrected chi connectivity index (χ0v) is 14.9. The average molecular weight is 319 g/mol. The topological polar surface area (TPSA) is 56.8 Å². The average Bonchev–Trinajstić information content (AvgIpc) is 2.67.